The van der Waals surface area contributed by atoms with Crippen molar-refractivity contribution in [1.82, 2.24) is 10.3 Å². The summed E-state index contributed by atoms with van der Waals surface area (Å²) < 4.78 is 5.40. The van der Waals surface area contributed by atoms with E-state index in [0.717, 1.165) is 19.1 Å². The number of hydrogen-bond donors (Lipinski definition) is 1. The summed E-state index contributed by atoms with van der Waals surface area (Å²) >= 11 is 0. The van der Waals surface area contributed by atoms with Crippen LogP contribution in [-0.4, -0.2) is 30.2 Å². The second kappa shape index (κ2) is 3.28. The maximum absolute atomic E-state index is 5.40. The first kappa shape index (κ1) is 8.29. The minimum absolute atomic E-state index is 0.584. The van der Waals surface area contributed by atoms with Gasteiger partial charge in [-0.15, -0.1) is 0 Å². The van der Waals surface area contributed by atoms with Crippen molar-refractivity contribution in [3.63, 3.8) is 0 Å². The third-order valence-corrected chi connectivity index (χ3v) is 3.01. The number of hydrogen-bond acceptors (Lipinski definition) is 4. The molecule has 76 valence electrons. The van der Waals surface area contributed by atoms with E-state index in [1.54, 1.807) is 12.5 Å². The van der Waals surface area contributed by atoms with Crippen molar-refractivity contribution in [2.45, 2.75) is 31.3 Å². The van der Waals surface area contributed by atoms with Crippen molar-refractivity contribution >= 4 is 6.01 Å². The van der Waals surface area contributed by atoms with E-state index in [2.05, 4.69) is 15.2 Å². The van der Waals surface area contributed by atoms with Crippen LogP contribution < -0.4 is 10.2 Å². The molecule has 1 aromatic heterocycles. The van der Waals surface area contributed by atoms with E-state index in [-0.39, 0.29) is 0 Å². The summed E-state index contributed by atoms with van der Waals surface area (Å²) in [5, 5.41) is 3.39. The second-order valence-corrected chi connectivity index (χ2v) is 4.10. The van der Waals surface area contributed by atoms with Gasteiger partial charge >= 0.3 is 0 Å². The van der Waals surface area contributed by atoms with E-state index < -0.39 is 0 Å². The van der Waals surface area contributed by atoms with Gasteiger partial charge in [-0.2, -0.15) is 0 Å². The van der Waals surface area contributed by atoms with Crippen molar-refractivity contribution in [3.05, 3.63) is 12.5 Å². The van der Waals surface area contributed by atoms with Crippen LogP contribution in [-0.2, 0) is 0 Å². The summed E-state index contributed by atoms with van der Waals surface area (Å²) in [5.41, 5.74) is 0. The third kappa shape index (κ3) is 1.39. The zero-order valence-corrected chi connectivity index (χ0v) is 8.15. The lowest BCUT2D eigenvalue weighted by molar-refractivity contribution is 0.497. The predicted molar refractivity (Wildman–Crippen MR) is 53.3 cm³/mol. The van der Waals surface area contributed by atoms with Crippen LogP contribution in [0, 0.1) is 0 Å². The van der Waals surface area contributed by atoms with Crippen LogP contribution in [0.5, 0.6) is 0 Å². The van der Waals surface area contributed by atoms with Crippen LogP contribution >= 0.6 is 0 Å². The Morgan fingerprint density at radius 1 is 1.36 bits per heavy atom. The number of rotatable bonds is 3. The molecule has 3 rings (SSSR count). The molecule has 1 aromatic rings. The van der Waals surface area contributed by atoms with Crippen molar-refractivity contribution in [1.29, 1.82) is 0 Å². The molecule has 0 bridgehead atoms. The fourth-order valence-corrected chi connectivity index (χ4v) is 2.18. The molecule has 1 unspecified atom stereocenters. The Kier molecular flexibility index (Phi) is 1.94. The normalized spacial score (nSPS) is 26.7. The van der Waals surface area contributed by atoms with Gasteiger partial charge in [0.1, 0.15) is 6.26 Å². The van der Waals surface area contributed by atoms with Crippen molar-refractivity contribution in [2.75, 3.05) is 18.0 Å². The summed E-state index contributed by atoms with van der Waals surface area (Å²) in [6.07, 6.45) is 7.18. The highest BCUT2D eigenvalue weighted by molar-refractivity contribution is 5.33. The standard InChI is InChI=1S/C10H15N3O/c1-2-8(1)13(9-3-4-11-7-9)10-12-5-6-14-10/h5-6,8-9,11H,1-4,7H2. The topological polar surface area (TPSA) is 41.3 Å². The average Bonchev–Trinajstić information content (AvgIpc) is 2.72. The molecule has 14 heavy (non-hydrogen) atoms. The first-order valence-electron chi connectivity index (χ1n) is 5.34. The van der Waals surface area contributed by atoms with Gasteiger partial charge in [0.25, 0.3) is 6.01 Å². The van der Waals surface area contributed by atoms with E-state index in [1.165, 1.54) is 19.3 Å². The van der Waals surface area contributed by atoms with Gasteiger partial charge in [-0.05, 0) is 25.8 Å². The highest BCUT2D eigenvalue weighted by Crippen LogP contribution is 2.33. The molecule has 0 radical (unpaired) electrons. The second-order valence-electron chi connectivity index (χ2n) is 4.10. The van der Waals surface area contributed by atoms with Crippen molar-refractivity contribution in [3.8, 4) is 0 Å². The van der Waals surface area contributed by atoms with E-state index in [0.29, 0.717) is 12.1 Å². The Morgan fingerprint density at radius 2 is 2.29 bits per heavy atom. The van der Waals surface area contributed by atoms with E-state index in [9.17, 15) is 0 Å². The van der Waals surface area contributed by atoms with Crippen LogP contribution in [0.3, 0.4) is 0 Å². The molecule has 2 heterocycles. The maximum atomic E-state index is 5.40. The molecule has 0 aromatic carbocycles. The molecule has 1 saturated carbocycles. The van der Waals surface area contributed by atoms with Gasteiger partial charge in [0.2, 0.25) is 0 Å². The summed E-state index contributed by atoms with van der Waals surface area (Å²) in [6, 6.07) is 2.07. The highest BCUT2D eigenvalue weighted by Gasteiger charge is 2.37. The largest absolute Gasteiger partial charge is 0.432 e. The Bertz CT molecular complexity index is 288. The summed E-state index contributed by atoms with van der Waals surface area (Å²) in [4.78, 5) is 6.62. The summed E-state index contributed by atoms with van der Waals surface area (Å²) in [5.74, 6) is 0. The summed E-state index contributed by atoms with van der Waals surface area (Å²) in [6.45, 7) is 2.19. The number of anilines is 1. The van der Waals surface area contributed by atoms with Gasteiger partial charge in [0, 0.05) is 18.6 Å². The van der Waals surface area contributed by atoms with Crippen LogP contribution in [0.4, 0.5) is 6.01 Å². The summed E-state index contributed by atoms with van der Waals surface area (Å²) in [7, 11) is 0. The van der Waals surface area contributed by atoms with Crippen molar-refractivity contribution in [2.24, 2.45) is 0 Å². The lowest BCUT2D eigenvalue weighted by Gasteiger charge is -2.26. The van der Waals surface area contributed by atoms with E-state index in [1.807, 2.05) is 0 Å². The molecule has 1 aliphatic carbocycles. The average molecular weight is 193 g/mol. The molecule has 1 saturated heterocycles. The number of oxazole rings is 1. The molecule has 4 heteroatoms. The van der Waals surface area contributed by atoms with Crippen LogP contribution in [0.2, 0.25) is 0 Å². The fourth-order valence-electron chi connectivity index (χ4n) is 2.18. The van der Waals surface area contributed by atoms with E-state index >= 15 is 0 Å². The van der Waals surface area contributed by atoms with Gasteiger partial charge in [0.15, 0.2) is 0 Å². The van der Waals surface area contributed by atoms with Gasteiger partial charge in [-0.25, -0.2) is 4.98 Å². The van der Waals surface area contributed by atoms with Crippen LogP contribution in [0.25, 0.3) is 0 Å². The molecule has 1 atom stereocenters. The molecule has 0 spiro atoms. The number of nitrogens with zero attached hydrogens (tertiary/aromatic N) is 2. The molecule has 2 aliphatic rings. The van der Waals surface area contributed by atoms with E-state index in [4.69, 9.17) is 4.42 Å². The zero-order chi connectivity index (χ0) is 9.38. The minimum Gasteiger partial charge on any atom is -0.432 e. The highest BCUT2D eigenvalue weighted by atomic mass is 16.4. The quantitative estimate of drug-likeness (QED) is 0.777. The Hall–Kier alpha value is -1.03. The molecule has 1 N–H and O–H groups in total. The van der Waals surface area contributed by atoms with Crippen LogP contribution in [0.15, 0.2) is 16.9 Å². The molecular weight excluding hydrogens is 178 g/mol. The third-order valence-electron chi connectivity index (χ3n) is 3.01. The lowest BCUT2D eigenvalue weighted by atomic mass is 10.2. The van der Waals surface area contributed by atoms with Gasteiger partial charge in [-0.1, -0.05) is 0 Å². The SMILES string of the molecule is c1coc(N(C2CC2)C2CCNC2)n1. The first-order valence-corrected chi connectivity index (χ1v) is 5.34. The van der Waals surface area contributed by atoms with Gasteiger partial charge < -0.3 is 14.6 Å². The molecule has 1 aliphatic heterocycles. The Labute approximate surface area is 83.3 Å². The molecule has 2 fully saturated rings. The maximum Gasteiger partial charge on any atom is 0.297 e. The molecular formula is C10H15N3O. The minimum atomic E-state index is 0.584. The molecule has 4 nitrogen and oxygen atoms in total. The Morgan fingerprint density at radius 3 is 2.86 bits per heavy atom. The molecule has 0 amide bonds. The monoisotopic (exact) mass is 193 g/mol. The predicted octanol–water partition coefficient (Wildman–Crippen LogP) is 1.01. The lowest BCUT2D eigenvalue weighted by Crippen LogP contribution is -2.38. The first-order chi connectivity index (χ1) is 6.95. The number of aromatic nitrogens is 1. The number of nitrogens with one attached hydrogen (secondary N) is 1. The van der Waals surface area contributed by atoms with Gasteiger partial charge in [0.05, 0.1) is 6.20 Å². The van der Waals surface area contributed by atoms with Crippen molar-refractivity contribution < 1.29 is 4.42 Å². The fraction of sp³-hybridized carbons (Fsp3) is 0.700. The van der Waals surface area contributed by atoms with Gasteiger partial charge in [-0.3, -0.25) is 0 Å². The van der Waals surface area contributed by atoms with Crippen LogP contribution in [0.1, 0.15) is 19.3 Å². The smallest absolute Gasteiger partial charge is 0.297 e. The Balaban J connectivity index is 1.81. The zero-order valence-electron chi connectivity index (χ0n) is 8.15.